The van der Waals surface area contributed by atoms with Crippen molar-refractivity contribution in [1.82, 2.24) is 0 Å². The number of ether oxygens (including phenoxy) is 2. The van der Waals surface area contributed by atoms with Gasteiger partial charge in [-0.2, -0.15) is 0 Å². The quantitative estimate of drug-likeness (QED) is 0.567. The Balaban J connectivity index is 1.51. The van der Waals surface area contributed by atoms with Gasteiger partial charge in [0.1, 0.15) is 23.9 Å². The Kier molecular flexibility index (Phi) is 6.58. The van der Waals surface area contributed by atoms with Gasteiger partial charge in [-0.15, -0.1) is 0 Å². The molecule has 6 heteroatoms. The molecule has 0 saturated heterocycles. The molecule has 0 atom stereocenters. The number of carbonyl (C=O) groups is 2. The van der Waals surface area contributed by atoms with Crippen LogP contribution in [0, 0.1) is 5.82 Å². The number of rotatable bonds is 8. The minimum absolute atomic E-state index is 0.0951. The highest BCUT2D eigenvalue weighted by molar-refractivity contribution is 5.97. The van der Waals surface area contributed by atoms with Crippen LogP contribution in [0.5, 0.6) is 11.5 Å². The third kappa shape index (κ3) is 5.90. The molecule has 1 N–H and O–H groups in total. The van der Waals surface area contributed by atoms with Crippen molar-refractivity contribution in [3.05, 3.63) is 89.7 Å². The summed E-state index contributed by atoms with van der Waals surface area (Å²) in [4.78, 5) is 23.7. The first kappa shape index (κ1) is 20.1. The largest absolute Gasteiger partial charge is 0.489 e. The average molecular weight is 393 g/mol. The van der Waals surface area contributed by atoms with Gasteiger partial charge in [0, 0.05) is 5.69 Å². The van der Waals surface area contributed by atoms with Gasteiger partial charge in [-0.05, 0) is 55.0 Å². The molecule has 0 radical (unpaired) electrons. The fourth-order valence-electron chi connectivity index (χ4n) is 2.62. The van der Waals surface area contributed by atoms with Crippen LogP contribution in [0.3, 0.4) is 0 Å². The SMILES string of the molecule is CC(=O)c1cc(F)ccc1OCC(=O)Nc1ccc(OCc2ccccc2)cc1. The van der Waals surface area contributed by atoms with Crippen LogP contribution in [0.1, 0.15) is 22.8 Å². The van der Waals surface area contributed by atoms with Crippen LogP contribution in [-0.2, 0) is 11.4 Å². The summed E-state index contributed by atoms with van der Waals surface area (Å²) in [6, 6.07) is 20.3. The summed E-state index contributed by atoms with van der Waals surface area (Å²) in [5.74, 6) is -0.437. The molecular weight excluding hydrogens is 373 g/mol. The van der Waals surface area contributed by atoms with Gasteiger partial charge in [0.25, 0.3) is 5.91 Å². The van der Waals surface area contributed by atoms with E-state index in [1.807, 2.05) is 30.3 Å². The lowest BCUT2D eigenvalue weighted by Gasteiger charge is -2.11. The standard InChI is InChI=1S/C23H20FNO4/c1-16(26)21-13-18(24)7-12-22(21)29-15-23(27)25-19-8-10-20(11-9-19)28-14-17-5-3-2-4-6-17/h2-13H,14-15H2,1H3,(H,25,27). The second-order valence-electron chi connectivity index (χ2n) is 6.33. The van der Waals surface area contributed by atoms with Crippen LogP contribution in [0.4, 0.5) is 10.1 Å². The molecule has 3 rings (SSSR count). The van der Waals surface area contributed by atoms with Gasteiger partial charge in [-0.1, -0.05) is 30.3 Å². The highest BCUT2D eigenvalue weighted by atomic mass is 19.1. The molecule has 0 bridgehead atoms. The molecule has 148 valence electrons. The number of benzene rings is 3. The van der Waals surface area contributed by atoms with Crippen molar-refractivity contribution in [2.45, 2.75) is 13.5 Å². The molecule has 1 amide bonds. The Morgan fingerprint density at radius 1 is 0.931 bits per heavy atom. The molecule has 0 aliphatic heterocycles. The topological polar surface area (TPSA) is 64.6 Å². The van der Waals surface area contributed by atoms with Gasteiger partial charge in [-0.25, -0.2) is 4.39 Å². The first-order chi connectivity index (χ1) is 14.0. The molecule has 0 aromatic heterocycles. The van der Waals surface area contributed by atoms with E-state index in [0.29, 0.717) is 18.0 Å². The molecule has 0 unspecified atom stereocenters. The zero-order chi connectivity index (χ0) is 20.6. The maximum Gasteiger partial charge on any atom is 0.262 e. The number of halogens is 1. The lowest BCUT2D eigenvalue weighted by atomic mass is 10.1. The van der Waals surface area contributed by atoms with Crippen LogP contribution in [0.15, 0.2) is 72.8 Å². The number of Topliss-reactive ketones (excluding diaryl/α,β-unsaturated/α-hetero) is 1. The molecule has 0 fully saturated rings. The van der Waals surface area contributed by atoms with Gasteiger partial charge >= 0.3 is 0 Å². The summed E-state index contributed by atoms with van der Waals surface area (Å²) in [5.41, 5.74) is 1.74. The molecule has 29 heavy (non-hydrogen) atoms. The highest BCUT2D eigenvalue weighted by Gasteiger charge is 2.12. The van der Waals surface area contributed by atoms with Gasteiger partial charge in [0.05, 0.1) is 5.56 Å². The van der Waals surface area contributed by atoms with E-state index in [9.17, 15) is 14.0 Å². The molecule has 0 aliphatic rings. The predicted molar refractivity (Wildman–Crippen MR) is 108 cm³/mol. The Morgan fingerprint density at radius 2 is 1.66 bits per heavy atom. The fraction of sp³-hybridized carbons (Fsp3) is 0.130. The summed E-state index contributed by atoms with van der Waals surface area (Å²) in [6.07, 6.45) is 0. The Bertz CT molecular complexity index is 988. The summed E-state index contributed by atoms with van der Waals surface area (Å²) >= 11 is 0. The third-order valence-corrected chi connectivity index (χ3v) is 4.07. The van der Waals surface area contributed by atoms with Crippen LogP contribution in [0.25, 0.3) is 0 Å². The van der Waals surface area contributed by atoms with E-state index < -0.39 is 11.7 Å². The zero-order valence-electron chi connectivity index (χ0n) is 15.9. The summed E-state index contributed by atoms with van der Waals surface area (Å²) in [6.45, 7) is 1.46. The summed E-state index contributed by atoms with van der Waals surface area (Å²) in [7, 11) is 0. The third-order valence-electron chi connectivity index (χ3n) is 4.07. The Labute approximate surface area is 168 Å². The van der Waals surface area contributed by atoms with Crippen LogP contribution in [-0.4, -0.2) is 18.3 Å². The molecule has 0 saturated carbocycles. The smallest absolute Gasteiger partial charge is 0.262 e. The predicted octanol–water partition coefficient (Wildman–Crippen LogP) is 4.62. The molecule has 0 aliphatic carbocycles. The number of nitrogens with one attached hydrogen (secondary N) is 1. The number of carbonyl (C=O) groups excluding carboxylic acids is 2. The summed E-state index contributed by atoms with van der Waals surface area (Å²) < 4.78 is 24.4. The van der Waals surface area contributed by atoms with E-state index in [4.69, 9.17) is 9.47 Å². The van der Waals surface area contributed by atoms with Crippen LogP contribution >= 0.6 is 0 Å². The number of hydrogen-bond donors (Lipinski definition) is 1. The van der Waals surface area contributed by atoms with Crippen molar-refractivity contribution in [2.24, 2.45) is 0 Å². The van der Waals surface area contributed by atoms with Gasteiger partial charge in [0.15, 0.2) is 12.4 Å². The Morgan fingerprint density at radius 3 is 2.34 bits per heavy atom. The zero-order valence-corrected chi connectivity index (χ0v) is 15.9. The normalized spacial score (nSPS) is 10.3. The molecule has 5 nitrogen and oxygen atoms in total. The van der Waals surface area contributed by atoms with Crippen molar-refractivity contribution in [2.75, 3.05) is 11.9 Å². The highest BCUT2D eigenvalue weighted by Crippen LogP contribution is 2.21. The lowest BCUT2D eigenvalue weighted by molar-refractivity contribution is -0.118. The molecule has 0 heterocycles. The van der Waals surface area contributed by atoms with E-state index >= 15 is 0 Å². The number of ketones is 1. The molecule has 3 aromatic carbocycles. The Hall–Kier alpha value is -3.67. The van der Waals surface area contributed by atoms with Gasteiger partial charge in [0.2, 0.25) is 0 Å². The van der Waals surface area contributed by atoms with E-state index in [1.165, 1.54) is 19.1 Å². The monoisotopic (exact) mass is 393 g/mol. The van der Waals surface area contributed by atoms with Crippen molar-refractivity contribution in [3.8, 4) is 11.5 Å². The first-order valence-corrected chi connectivity index (χ1v) is 9.01. The van der Waals surface area contributed by atoms with Crippen LogP contribution < -0.4 is 14.8 Å². The molecular formula is C23H20FNO4. The maximum absolute atomic E-state index is 13.3. The summed E-state index contributed by atoms with van der Waals surface area (Å²) in [5, 5.41) is 2.69. The molecule has 0 spiro atoms. The first-order valence-electron chi connectivity index (χ1n) is 9.01. The van der Waals surface area contributed by atoms with Crippen molar-refractivity contribution >= 4 is 17.4 Å². The number of hydrogen-bond acceptors (Lipinski definition) is 4. The van der Waals surface area contributed by atoms with E-state index in [0.717, 1.165) is 11.6 Å². The van der Waals surface area contributed by atoms with E-state index in [-0.39, 0.29) is 23.7 Å². The second kappa shape index (κ2) is 9.50. The van der Waals surface area contributed by atoms with Crippen molar-refractivity contribution in [1.29, 1.82) is 0 Å². The lowest BCUT2D eigenvalue weighted by Crippen LogP contribution is -2.20. The fourth-order valence-corrected chi connectivity index (χ4v) is 2.62. The average Bonchev–Trinajstić information content (AvgIpc) is 2.73. The van der Waals surface area contributed by atoms with Crippen LogP contribution in [0.2, 0.25) is 0 Å². The number of amides is 1. The minimum Gasteiger partial charge on any atom is -0.489 e. The maximum atomic E-state index is 13.3. The van der Waals surface area contributed by atoms with E-state index in [1.54, 1.807) is 24.3 Å². The molecule has 3 aromatic rings. The van der Waals surface area contributed by atoms with Crippen molar-refractivity contribution in [3.63, 3.8) is 0 Å². The van der Waals surface area contributed by atoms with Gasteiger partial charge < -0.3 is 14.8 Å². The van der Waals surface area contributed by atoms with E-state index in [2.05, 4.69) is 5.32 Å². The second-order valence-corrected chi connectivity index (χ2v) is 6.33. The van der Waals surface area contributed by atoms with Gasteiger partial charge in [-0.3, -0.25) is 9.59 Å². The van der Waals surface area contributed by atoms with Crippen molar-refractivity contribution < 1.29 is 23.5 Å². The number of anilines is 1. The minimum atomic E-state index is -0.540.